The quantitative estimate of drug-likeness (QED) is 0.565. The Bertz CT molecular complexity index is 1190. The number of nitrogens with zero attached hydrogens (tertiary/aromatic N) is 4. The van der Waals surface area contributed by atoms with Crippen LogP contribution in [0, 0.1) is 0 Å². The number of benzene rings is 1. The van der Waals surface area contributed by atoms with Crippen molar-refractivity contribution >= 4 is 22.6 Å². The van der Waals surface area contributed by atoms with Crippen molar-refractivity contribution in [2.75, 3.05) is 31.2 Å². The first-order chi connectivity index (χ1) is 16.9. The Balaban J connectivity index is 1.22. The van der Waals surface area contributed by atoms with Gasteiger partial charge in [-0.2, -0.15) is 18.3 Å². The van der Waals surface area contributed by atoms with Crippen LogP contribution in [0.25, 0.3) is 11.0 Å². The molecule has 1 saturated carbocycles. The standard InChI is InChI=1S/C23H25F3N6O3/c24-23(25,26)20-13-18(30-31-20)22(33)29-14-1-3-16(4-2-14)35-19-12-15(32-7-9-34-10-8-32)11-17-21(19)28-6-5-27-17/h5-6,11-14,16H,1-4,7-10H2,(H,29,33)(H,30,31)/t14-,16+. The van der Waals surface area contributed by atoms with Gasteiger partial charge in [-0.3, -0.25) is 14.9 Å². The number of nitrogens with one attached hydrogen (secondary N) is 2. The molecule has 1 aromatic carbocycles. The molecule has 186 valence electrons. The van der Waals surface area contributed by atoms with Crippen LogP contribution in [0.5, 0.6) is 5.75 Å². The number of anilines is 1. The zero-order valence-electron chi connectivity index (χ0n) is 18.8. The number of carbonyl (C=O) groups is 1. The summed E-state index contributed by atoms with van der Waals surface area (Å²) >= 11 is 0. The van der Waals surface area contributed by atoms with Gasteiger partial charge in [-0.1, -0.05) is 0 Å². The van der Waals surface area contributed by atoms with Crippen molar-refractivity contribution in [1.82, 2.24) is 25.5 Å². The zero-order chi connectivity index (χ0) is 24.4. The van der Waals surface area contributed by atoms with Crippen LogP contribution in [-0.4, -0.2) is 64.5 Å². The lowest BCUT2D eigenvalue weighted by Crippen LogP contribution is -2.40. The molecular formula is C23H25F3N6O3. The number of amides is 1. The fourth-order valence-electron chi connectivity index (χ4n) is 4.47. The van der Waals surface area contributed by atoms with E-state index in [1.165, 1.54) is 0 Å². The Morgan fingerprint density at radius 2 is 1.83 bits per heavy atom. The van der Waals surface area contributed by atoms with E-state index in [9.17, 15) is 18.0 Å². The van der Waals surface area contributed by atoms with E-state index in [1.54, 1.807) is 12.4 Å². The molecule has 0 atom stereocenters. The predicted molar refractivity (Wildman–Crippen MR) is 120 cm³/mol. The van der Waals surface area contributed by atoms with Crippen molar-refractivity contribution in [2.45, 2.75) is 44.0 Å². The molecule has 0 unspecified atom stereocenters. The van der Waals surface area contributed by atoms with Crippen LogP contribution in [0.3, 0.4) is 0 Å². The average Bonchev–Trinajstić information content (AvgIpc) is 3.37. The molecule has 3 heterocycles. The number of morpholine rings is 1. The number of hydrogen-bond donors (Lipinski definition) is 2. The fraction of sp³-hybridized carbons (Fsp3) is 0.478. The zero-order valence-corrected chi connectivity index (χ0v) is 18.8. The maximum absolute atomic E-state index is 12.7. The normalized spacial score (nSPS) is 21.2. The highest BCUT2D eigenvalue weighted by Crippen LogP contribution is 2.33. The minimum Gasteiger partial charge on any atom is -0.488 e. The number of alkyl halides is 3. The fourth-order valence-corrected chi connectivity index (χ4v) is 4.47. The van der Waals surface area contributed by atoms with E-state index in [4.69, 9.17) is 9.47 Å². The second-order valence-corrected chi connectivity index (χ2v) is 8.70. The maximum atomic E-state index is 12.7. The molecule has 9 nitrogen and oxygen atoms in total. The first kappa shape index (κ1) is 23.3. The SMILES string of the molecule is O=C(N[C@H]1CC[C@@H](Oc2cc(N3CCOCC3)cc3nccnc23)CC1)c1cc(C(F)(F)F)n[nH]1. The van der Waals surface area contributed by atoms with E-state index in [0.717, 1.165) is 30.4 Å². The molecule has 0 radical (unpaired) electrons. The van der Waals surface area contributed by atoms with Gasteiger partial charge in [0, 0.05) is 49.3 Å². The van der Waals surface area contributed by atoms with Gasteiger partial charge >= 0.3 is 6.18 Å². The third-order valence-corrected chi connectivity index (χ3v) is 6.32. The molecule has 35 heavy (non-hydrogen) atoms. The molecule has 0 spiro atoms. The van der Waals surface area contributed by atoms with E-state index >= 15 is 0 Å². The van der Waals surface area contributed by atoms with Gasteiger partial charge in [0.2, 0.25) is 0 Å². The van der Waals surface area contributed by atoms with E-state index < -0.39 is 17.8 Å². The summed E-state index contributed by atoms with van der Waals surface area (Å²) in [6, 6.07) is 4.56. The highest BCUT2D eigenvalue weighted by Gasteiger charge is 2.35. The molecule has 2 N–H and O–H groups in total. The number of ether oxygens (including phenoxy) is 2. The Labute approximate surface area is 199 Å². The van der Waals surface area contributed by atoms with Crippen LogP contribution in [0.15, 0.2) is 30.6 Å². The van der Waals surface area contributed by atoms with Crippen molar-refractivity contribution in [3.8, 4) is 5.75 Å². The highest BCUT2D eigenvalue weighted by molar-refractivity contribution is 5.92. The van der Waals surface area contributed by atoms with Gasteiger partial charge in [0.25, 0.3) is 5.91 Å². The lowest BCUT2D eigenvalue weighted by atomic mass is 9.92. The van der Waals surface area contributed by atoms with Gasteiger partial charge in [0.1, 0.15) is 17.0 Å². The summed E-state index contributed by atoms with van der Waals surface area (Å²) in [7, 11) is 0. The van der Waals surface area contributed by atoms with Crippen molar-refractivity contribution < 1.29 is 27.4 Å². The first-order valence-corrected chi connectivity index (χ1v) is 11.5. The third-order valence-electron chi connectivity index (χ3n) is 6.32. The molecule has 0 bridgehead atoms. The maximum Gasteiger partial charge on any atom is 0.435 e. The molecule has 1 aliphatic carbocycles. The van der Waals surface area contributed by atoms with Crippen LogP contribution >= 0.6 is 0 Å². The molecule has 2 aliphatic rings. The second-order valence-electron chi connectivity index (χ2n) is 8.70. The van der Waals surface area contributed by atoms with Crippen molar-refractivity contribution in [3.05, 3.63) is 42.0 Å². The summed E-state index contributed by atoms with van der Waals surface area (Å²) in [6.45, 7) is 2.91. The molecule has 3 aromatic rings. The van der Waals surface area contributed by atoms with E-state index in [-0.39, 0.29) is 17.8 Å². The van der Waals surface area contributed by atoms with Crippen LogP contribution < -0.4 is 15.0 Å². The number of aromatic nitrogens is 4. The molecule has 1 saturated heterocycles. The van der Waals surface area contributed by atoms with Crippen molar-refractivity contribution in [3.63, 3.8) is 0 Å². The van der Waals surface area contributed by atoms with Gasteiger partial charge in [0.15, 0.2) is 5.69 Å². The summed E-state index contributed by atoms with van der Waals surface area (Å²) in [5, 5.41) is 8.13. The molecule has 12 heteroatoms. The second kappa shape index (κ2) is 9.68. The number of halogens is 3. The van der Waals surface area contributed by atoms with Crippen LogP contribution in [0.2, 0.25) is 0 Å². The third kappa shape index (κ3) is 5.31. The largest absolute Gasteiger partial charge is 0.488 e. The number of fused-ring (bicyclic) bond motifs is 1. The highest BCUT2D eigenvalue weighted by atomic mass is 19.4. The number of hydrogen-bond acceptors (Lipinski definition) is 7. The van der Waals surface area contributed by atoms with Gasteiger partial charge < -0.3 is 19.7 Å². The van der Waals surface area contributed by atoms with Crippen LogP contribution in [0.4, 0.5) is 18.9 Å². The van der Waals surface area contributed by atoms with Gasteiger partial charge in [0.05, 0.1) is 24.8 Å². The smallest absolute Gasteiger partial charge is 0.435 e. The molecule has 2 fully saturated rings. The molecule has 1 amide bonds. The Morgan fingerprint density at radius 3 is 2.54 bits per heavy atom. The summed E-state index contributed by atoms with van der Waals surface area (Å²) in [6.07, 6.45) is 1.27. The Morgan fingerprint density at radius 1 is 1.09 bits per heavy atom. The van der Waals surface area contributed by atoms with Crippen LogP contribution in [-0.2, 0) is 10.9 Å². The van der Waals surface area contributed by atoms with Crippen molar-refractivity contribution in [1.29, 1.82) is 0 Å². The molecular weight excluding hydrogens is 465 g/mol. The monoisotopic (exact) mass is 490 g/mol. The summed E-state index contributed by atoms with van der Waals surface area (Å²) in [5.74, 6) is 0.0681. The minimum atomic E-state index is -4.60. The van der Waals surface area contributed by atoms with E-state index in [0.29, 0.717) is 50.2 Å². The summed E-state index contributed by atoms with van der Waals surface area (Å²) < 4.78 is 50.0. The number of H-pyrrole nitrogens is 1. The Hall–Kier alpha value is -3.41. The number of aromatic amines is 1. The lowest BCUT2D eigenvalue weighted by Gasteiger charge is -2.31. The van der Waals surface area contributed by atoms with Crippen LogP contribution in [0.1, 0.15) is 41.9 Å². The van der Waals surface area contributed by atoms with E-state index in [2.05, 4.69) is 30.4 Å². The van der Waals surface area contributed by atoms with Gasteiger partial charge in [-0.25, -0.2) is 4.98 Å². The van der Waals surface area contributed by atoms with Crippen molar-refractivity contribution in [2.24, 2.45) is 0 Å². The molecule has 5 rings (SSSR count). The Kier molecular flexibility index (Phi) is 6.46. The molecule has 1 aliphatic heterocycles. The number of carbonyl (C=O) groups excluding carboxylic acids is 1. The lowest BCUT2D eigenvalue weighted by molar-refractivity contribution is -0.141. The number of rotatable bonds is 5. The average molecular weight is 490 g/mol. The summed E-state index contributed by atoms with van der Waals surface area (Å²) in [5.41, 5.74) is 1.13. The van der Waals surface area contributed by atoms with E-state index in [1.807, 2.05) is 12.1 Å². The first-order valence-electron chi connectivity index (χ1n) is 11.5. The predicted octanol–water partition coefficient (Wildman–Crippen LogP) is 3.33. The molecule has 2 aromatic heterocycles. The topological polar surface area (TPSA) is 105 Å². The van der Waals surface area contributed by atoms with Gasteiger partial charge in [-0.15, -0.1) is 0 Å². The summed E-state index contributed by atoms with van der Waals surface area (Å²) in [4.78, 5) is 23.5. The van der Waals surface area contributed by atoms with Gasteiger partial charge in [-0.05, 0) is 31.7 Å². The minimum absolute atomic E-state index is 0.0720.